The van der Waals surface area contributed by atoms with E-state index in [1.807, 2.05) is 43.3 Å². The number of carbonyl (C=O) groups excluding carboxylic acids is 2. The molecule has 0 saturated heterocycles. The third-order valence-electron chi connectivity index (χ3n) is 3.90. The van der Waals surface area contributed by atoms with E-state index >= 15 is 0 Å². The summed E-state index contributed by atoms with van der Waals surface area (Å²) in [5.41, 5.74) is 6.15. The van der Waals surface area contributed by atoms with E-state index in [1.54, 1.807) is 18.3 Å². The van der Waals surface area contributed by atoms with Gasteiger partial charge in [0.25, 0.3) is 11.8 Å². The van der Waals surface area contributed by atoms with Gasteiger partial charge < -0.3 is 5.32 Å². The fourth-order valence-corrected chi connectivity index (χ4v) is 2.26. The smallest absolute Gasteiger partial charge is 0.259 e. The SMILES string of the molecule is Cc1ccc(/C=N/NC(=O)CNC(=O)c2ccc(C(C)(C)C)cc2)cc1. The minimum atomic E-state index is -0.381. The molecule has 2 aromatic carbocycles. The first-order valence-corrected chi connectivity index (χ1v) is 8.53. The van der Waals surface area contributed by atoms with Gasteiger partial charge in [0.2, 0.25) is 0 Å². The van der Waals surface area contributed by atoms with Gasteiger partial charge in [-0.05, 0) is 35.6 Å². The normalized spacial score (nSPS) is 11.4. The second kappa shape index (κ2) is 8.43. The van der Waals surface area contributed by atoms with Crippen LogP contribution < -0.4 is 10.7 Å². The van der Waals surface area contributed by atoms with Gasteiger partial charge in [-0.25, -0.2) is 5.43 Å². The Hall–Kier alpha value is -2.95. The maximum absolute atomic E-state index is 12.1. The highest BCUT2D eigenvalue weighted by atomic mass is 16.2. The number of nitrogens with zero attached hydrogens (tertiary/aromatic N) is 1. The van der Waals surface area contributed by atoms with Crippen LogP contribution >= 0.6 is 0 Å². The van der Waals surface area contributed by atoms with Gasteiger partial charge in [-0.1, -0.05) is 62.7 Å². The Morgan fingerprint density at radius 2 is 1.62 bits per heavy atom. The van der Waals surface area contributed by atoms with Crippen molar-refractivity contribution in [1.29, 1.82) is 0 Å². The quantitative estimate of drug-likeness (QED) is 0.642. The third-order valence-corrected chi connectivity index (χ3v) is 3.90. The average Bonchev–Trinajstić information content (AvgIpc) is 2.61. The predicted molar refractivity (Wildman–Crippen MR) is 104 cm³/mol. The van der Waals surface area contributed by atoms with E-state index in [-0.39, 0.29) is 23.8 Å². The molecule has 0 heterocycles. The van der Waals surface area contributed by atoms with Crippen LogP contribution in [0.2, 0.25) is 0 Å². The Labute approximate surface area is 154 Å². The molecule has 0 radical (unpaired) electrons. The minimum Gasteiger partial charge on any atom is -0.343 e. The molecule has 0 spiro atoms. The molecular formula is C21H25N3O2. The molecule has 0 aromatic heterocycles. The van der Waals surface area contributed by atoms with Crippen molar-refractivity contribution in [1.82, 2.24) is 10.7 Å². The average molecular weight is 351 g/mol. The second-order valence-electron chi connectivity index (χ2n) is 7.21. The van der Waals surface area contributed by atoms with Crippen molar-refractivity contribution in [2.45, 2.75) is 33.1 Å². The lowest BCUT2D eigenvalue weighted by atomic mass is 9.87. The zero-order chi connectivity index (χ0) is 19.2. The summed E-state index contributed by atoms with van der Waals surface area (Å²) >= 11 is 0. The van der Waals surface area contributed by atoms with Crippen LogP contribution in [0, 0.1) is 6.92 Å². The molecule has 0 atom stereocenters. The molecule has 0 aliphatic carbocycles. The van der Waals surface area contributed by atoms with Gasteiger partial charge in [0.15, 0.2) is 0 Å². The summed E-state index contributed by atoms with van der Waals surface area (Å²) in [4.78, 5) is 23.9. The summed E-state index contributed by atoms with van der Waals surface area (Å²) < 4.78 is 0. The van der Waals surface area contributed by atoms with Crippen LogP contribution in [0.1, 0.15) is 47.8 Å². The molecule has 2 N–H and O–H groups in total. The molecule has 0 fully saturated rings. The molecule has 136 valence electrons. The van der Waals surface area contributed by atoms with Crippen molar-refractivity contribution < 1.29 is 9.59 Å². The molecule has 0 aliphatic heterocycles. The van der Waals surface area contributed by atoms with E-state index < -0.39 is 0 Å². The number of hydrazone groups is 1. The van der Waals surface area contributed by atoms with Crippen LogP contribution in [0.25, 0.3) is 0 Å². The van der Waals surface area contributed by atoms with Crippen molar-refractivity contribution in [2.24, 2.45) is 5.10 Å². The number of nitrogens with one attached hydrogen (secondary N) is 2. The summed E-state index contributed by atoms with van der Waals surface area (Å²) in [6, 6.07) is 15.2. The molecular weight excluding hydrogens is 326 g/mol. The number of carbonyl (C=O) groups is 2. The van der Waals surface area contributed by atoms with Crippen molar-refractivity contribution in [3.63, 3.8) is 0 Å². The van der Waals surface area contributed by atoms with Crippen LogP contribution in [0.15, 0.2) is 53.6 Å². The Morgan fingerprint density at radius 1 is 1.00 bits per heavy atom. The van der Waals surface area contributed by atoms with Gasteiger partial charge in [0.05, 0.1) is 12.8 Å². The van der Waals surface area contributed by atoms with Crippen molar-refractivity contribution >= 4 is 18.0 Å². The third kappa shape index (κ3) is 5.84. The summed E-state index contributed by atoms with van der Waals surface area (Å²) in [5, 5.41) is 6.47. The van der Waals surface area contributed by atoms with Crippen LogP contribution in [0.3, 0.4) is 0 Å². The number of aryl methyl sites for hydroxylation is 1. The van der Waals surface area contributed by atoms with Crippen LogP contribution in [0.5, 0.6) is 0 Å². The highest BCUT2D eigenvalue weighted by Crippen LogP contribution is 2.22. The largest absolute Gasteiger partial charge is 0.343 e. The monoisotopic (exact) mass is 351 g/mol. The second-order valence-corrected chi connectivity index (χ2v) is 7.21. The van der Waals surface area contributed by atoms with E-state index in [2.05, 4.69) is 36.6 Å². The number of hydrogen-bond acceptors (Lipinski definition) is 3. The lowest BCUT2D eigenvalue weighted by Gasteiger charge is -2.19. The van der Waals surface area contributed by atoms with Crippen molar-refractivity contribution in [3.05, 3.63) is 70.8 Å². The Bertz CT molecular complexity index is 786. The molecule has 2 amide bonds. The zero-order valence-electron chi connectivity index (χ0n) is 15.7. The number of rotatable bonds is 5. The van der Waals surface area contributed by atoms with Gasteiger partial charge in [-0.2, -0.15) is 5.10 Å². The van der Waals surface area contributed by atoms with Crippen molar-refractivity contribution in [2.75, 3.05) is 6.54 Å². The zero-order valence-corrected chi connectivity index (χ0v) is 15.7. The van der Waals surface area contributed by atoms with E-state index in [0.29, 0.717) is 5.56 Å². The first-order chi connectivity index (χ1) is 12.3. The number of amides is 2. The summed E-state index contributed by atoms with van der Waals surface area (Å²) in [7, 11) is 0. The van der Waals surface area contributed by atoms with E-state index in [0.717, 1.165) is 16.7 Å². The molecule has 0 unspecified atom stereocenters. The standard InChI is InChI=1S/C21H25N3O2/c1-15-5-7-16(8-6-15)13-23-24-19(25)14-22-20(26)17-9-11-18(12-10-17)21(2,3)4/h5-13H,14H2,1-4H3,(H,22,26)(H,24,25)/b23-13+. The van der Waals surface area contributed by atoms with Crippen LogP contribution in [-0.2, 0) is 10.2 Å². The Kier molecular flexibility index (Phi) is 6.28. The van der Waals surface area contributed by atoms with Gasteiger partial charge >= 0.3 is 0 Å². The lowest BCUT2D eigenvalue weighted by Crippen LogP contribution is -2.34. The Morgan fingerprint density at radius 3 is 2.19 bits per heavy atom. The molecule has 5 nitrogen and oxygen atoms in total. The lowest BCUT2D eigenvalue weighted by molar-refractivity contribution is -0.120. The predicted octanol–water partition coefficient (Wildman–Crippen LogP) is 3.17. The highest BCUT2D eigenvalue weighted by Gasteiger charge is 2.14. The van der Waals surface area contributed by atoms with E-state index in [9.17, 15) is 9.59 Å². The van der Waals surface area contributed by atoms with Crippen LogP contribution in [-0.4, -0.2) is 24.6 Å². The molecule has 2 rings (SSSR count). The first kappa shape index (κ1) is 19.4. The maximum atomic E-state index is 12.1. The molecule has 26 heavy (non-hydrogen) atoms. The minimum absolute atomic E-state index is 0.0321. The molecule has 0 bridgehead atoms. The molecule has 5 heteroatoms. The first-order valence-electron chi connectivity index (χ1n) is 8.53. The summed E-state index contributed by atoms with van der Waals surface area (Å²) in [5.74, 6) is -0.670. The van der Waals surface area contributed by atoms with Gasteiger partial charge in [-0.3, -0.25) is 9.59 Å². The fraction of sp³-hybridized carbons (Fsp3) is 0.286. The highest BCUT2D eigenvalue weighted by molar-refractivity contribution is 5.96. The summed E-state index contributed by atoms with van der Waals surface area (Å²) in [6.45, 7) is 8.21. The van der Waals surface area contributed by atoms with E-state index in [4.69, 9.17) is 0 Å². The van der Waals surface area contributed by atoms with Gasteiger partial charge in [0, 0.05) is 5.56 Å². The summed E-state index contributed by atoms with van der Waals surface area (Å²) in [6.07, 6.45) is 1.56. The molecule has 0 aliphatic rings. The van der Waals surface area contributed by atoms with E-state index in [1.165, 1.54) is 0 Å². The van der Waals surface area contributed by atoms with Gasteiger partial charge in [-0.15, -0.1) is 0 Å². The topological polar surface area (TPSA) is 70.6 Å². The maximum Gasteiger partial charge on any atom is 0.259 e. The molecule has 2 aromatic rings. The van der Waals surface area contributed by atoms with Gasteiger partial charge in [0.1, 0.15) is 0 Å². The number of benzene rings is 2. The van der Waals surface area contributed by atoms with Crippen molar-refractivity contribution in [3.8, 4) is 0 Å². The fourth-order valence-electron chi connectivity index (χ4n) is 2.26. The Balaban J connectivity index is 1.81. The van der Waals surface area contributed by atoms with Crippen LogP contribution in [0.4, 0.5) is 0 Å². The molecule has 0 saturated carbocycles. The number of hydrogen-bond donors (Lipinski definition) is 2.